The Balaban J connectivity index is 1.19. The first kappa shape index (κ1) is 44.7. The van der Waals surface area contributed by atoms with Crippen LogP contribution in [0.25, 0.3) is 0 Å². The van der Waals surface area contributed by atoms with Crippen molar-refractivity contribution in [3.8, 4) is 69.0 Å². The summed E-state index contributed by atoms with van der Waals surface area (Å²) in [6, 6.07) is 24.6. The molecule has 0 atom stereocenters. The van der Waals surface area contributed by atoms with Gasteiger partial charge in [0, 0.05) is 0 Å². The van der Waals surface area contributed by atoms with Crippen molar-refractivity contribution >= 4 is 0 Å². The van der Waals surface area contributed by atoms with Crippen molar-refractivity contribution in [2.24, 2.45) is 0 Å². The smallest absolute Gasteiger partial charge is 0.161 e. The van der Waals surface area contributed by atoms with Crippen molar-refractivity contribution in [1.29, 1.82) is 0 Å². The molecule has 0 saturated heterocycles. The molecule has 14 aliphatic rings. The van der Waals surface area contributed by atoms with E-state index in [-0.39, 0.29) is 39.6 Å². The molecule has 6 aromatic rings. The van der Waals surface area contributed by atoms with Gasteiger partial charge in [0.25, 0.3) is 0 Å². The molecule has 0 amide bonds. The molecule has 0 saturated carbocycles. The van der Waals surface area contributed by atoms with Gasteiger partial charge >= 0.3 is 0 Å². The monoisotopic (exact) mass is 924 g/mol. The molecule has 13 heteroatoms. The van der Waals surface area contributed by atoms with Crippen LogP contribution in [0, 0.1) is 0 Å². The molecule has 0 aromatic heterocycles. The Labute approximate surface area is 396 Å². The van der Waals surface area contributed by atoms with Crippen LogP contribution in [-0.2, 0) is 38.5 Å². The highest BCUT2D eigenvalue weighted by atomic mass is 16.6. The van der Waals surface area contributed by atoms with Crippen molar-refractivity contribution in [3.05, 3.63) is 140 Å². The van der Waals surface area contributed by atoms with Crippen molar-refractivity contribution in [2.45, 2.75) is 44.6 Å². The first-order valence-electron chi connectivity index (χ1n) is 22.9. The Morgan fingerprint density at radius 1 is 0.294 bits per heavy atom. The van der Waals surface area contributed by atoms with Crippen LogP contribution >= 0.6 is 0 Å². The van der Waals surface area contributed by atoms with E-state index in [1.165, 1.54) is 0 Å². The average molecular weight is 925 g/mol. The minimum atomic E-state index is -1.00. The Hall–Kier alpha value is -7.12. The standard InChI is InChI=1S/C55H56O13/c1-57-44-17-31-11-37-23-50-46(59-3)19-33(37)15-41-27-54-48(61-5)21-35(41)13-39(31)25-52(44)65-9-7-63-51-24-38-12-32-18-45(58-2)53(66-10-8-64-50)26-40(32)14-36-22-49(62-6)55(68-30-43(56)29-67-54)28-42(36)16-34(38)20-47(51)60-4/h17-28,43,56H,7-16,29-30H2,1-6H3. The highest BCUT2D eigenvalue weighted by Crippen LogP contribution is 2.44. The number of methoxy groups -OCH3 is 6. The van der Waals surface area contributed by atoms with E-state index in [9.17, 15) is 5.11 Å². The molecule has 68 heavy (non-hydrogen) atoms. The fraction of sp³-hybridized carbons (Fsp3) is 0.345. The molecule has 12 aliphatic heterocycles. The highest BCUT2D eigenvalue weighted by molar-refractivity contribution is 5.60. The second kappa shape index (κ2) is 19.2. The molecule has 2 aliphatic carbocycles. The van der Waals surface area contributed by atoms with Crippen molar-refractivity contribution < 1.29 is 61.9 Å². The number of aliphatic hydroxyl groups excluding tert-OH is 1. The summed E-state index contributed by atoms with van der Waals surface area (Å²) >= 11 is 0. The summed E-state index contributed by atoms with van der Waals surface area (Å²) in [4.78, 5) is 0. The first-order chi connectivity index (χ1) is 33.2. The van der Waals surface area contributed by atoms with Crippen LogP contribution in [0.2, 0.25) is 0 Å². The SMILES string of the molecule is COc1cc2c3cc1OCCOc1cc4c(cc1OC)Cc1cc5c(OC)cc1Cc1cc(c(OC)cc1C4)OCC(O)COc1cc(c(cc1OC)Cc1cc(c(OC)cc1C3)OCCO5)C2. The third kappa shape index (κ3) is 8.90. The molecule has 13 nitrogen and oxygen atoms in total. The minimum absolute atomic E-state index is 0.0565. The zero-order valence-electron chi connectivity index (χ0n) is 39.3. The number of hydrogen-bond acceptors (Lipinski definition) is 13. The van der Waals surface area contributed by atoms with Crippen molar-refractivity contribution in [1.82, 2.24) is 0 Å². The van der Waals surface area contributed by atoms with Crippen molar-refractivity contribution in [2.75, 3.05) is 82.3 Å². The normalized spacial score (nSPS) is 15.2. The molecule has 0 spiro atoms. The van der Waals surface area contributed by atoms with Crippen LogP contribution < -0.4 is 56.8 Å². The van der Waals surface area contributed by atoms with E-state index in [0.717, 1.165) is 66.8 Å². The van der Waals surface area contributed by atoms with Crippen LogP contribution in [-0.4, -0.2) is 93.5 Å². The predicted octanol–water partition coefficient (Wildman–Crippen LogP) is 8.27. The van der Waals surface area contributed by atoms with Gasteiger partial charge in [-0.15, -0.1) is 0 Å². The van der Waals surface area contributed by atoms with E-state index in [1.807, 2.05) is 24.3 Å². The van der Waals surface area contributed by atoms with Gasteiger partial charge in [0.2, 0.25) is 0 Å². The molecular weight excluding hydrogens is 869 g/mol. The lowest BCUT2D eigenvalue weighted by Gasteiger charge is -2.20. The Morgan fingerprint density at radius 2 is 0.471 bits per heavy atom. The van der Waals surface area contributed by atoms with E-state index in [4.69, 9.17) is 56.8 Å². The van der Waals surface area contributed by atoms with Gasteiger partial charge in [-0.1, -0.05) is 0 Å². The van der Waals surface area contributed by atoms with Gasteiger partial charge in [0.15, 0.2) is 69.0 Å². The summed E-state index contributed by atoms with van der Waals surface area (Å²) in [5, 5.41) is 11.5. The summed E-state index contributed by atoms with van der Waals surface area (Å²) in [5.74, 6) is 6.87. The van der Waals surface area contributed by atoms with Crippen LogP contribution in [0.1, 0.15) is 66.8 Å². The van der Waals surface area contributed by atoms with Gasteiger partial charge in [0.1, 0.15) is 45.7 Å². The van der Waals surface area contributed by atoms with Crippen LogP contribution in [0.3, 0.4) is 0 Å². The minimum Gasteiger partial charge on any atom is -0.493 e. The van der Waals surface area contributed by atoms with Gasteiger partial charge in [-0.3, -0.25) is 0 Å². The highest BCUT2D eigenvalue weighted by Gasteiger charge is 2.26. The maximum atomic E-state index is 11.5. The molecule has 354 valence electrons. The van der Waals surface area contributed by atoms with Crippen LogP contribution in [0.5, 0.6) is 69.0 Å². The zero-order valence-corrected chi connectivity index (χ0v) is 39.3. The Bertz CT molecular complexity index is 2670. The molecule has 0 unspecified atom stereocenters. The molecule has 6 aromatic carbocycles. The van der Waals surface area contributed by atoms with Gasteiger partial charge < -0.3 is 61.9 Å². The van der Waals surface area contributed by atoms with Crippen molar-refractivity contribution in [3.63, 3.8) is 0 Å². The predicted molar refractivity (Wildman–Crippen MR) is 254 cm³/mol. The third-order valence-electron chi connectivity index (χ3n) is 13.3. The summed E-state index contributed by atoms with van der Waals surface area (Å²) < 4.78 is 74.9. The Kier molecular flexibility index (Phi) is 12.6. The zero-order chi connectivity index (χ0) is 46.9. The second-order valence-corrected chi connectivity index (χ2v) is 17.4. The third-order valence-corrected chi connectivity index (χ3v) is 13.3. The Morgan fingerprint density at radius 3 is 0.662 bits per heavy atom. The quantitative estimate of drug-likeness (QED) is 0.172. The fourth-order valence-corrected chi connectivity index (χ4v) is 9.73. The maximum absolute atomic E-state index is 11.5. The largest absolute Gasteiger partial charge is 0.493 e. The lowest BCUT2D eigenvalue weighted by Crippen LogP contribution is -2.25. The summed E-state index contributed by atoms with van der Waals surface area (Å²) in [6.07, 6.45) is 2.34. The molecule has 1 N–H and O–H groups in total. The van der Waals surface area contributed by atoms with E-state index in [0.29, 0.717) is 108 Å². The number of benzene rings is 6. The summed E-state index contributed by atoms with van der Waals surface area (Å²) in [6.45, 7) is 0.817. The number of rotatable bonds is 6. The molecule has 18 bridgehead atoms. The van der Waals surface area contributed by atoms with E-state index >= 15 is 0 Å². The lowest BCUT2D eigenvalue weighted by molar-refractivity contribution is 0.0606. The van der Waals surface area contributed by atoms with Gasteiger partial charge in [-0.2, -0.15) is 0 Å². The molecule has 0 fully saturated rings. The van der Waals surface area contributed by atoms with Gasteiger partial charge in [0.05, 0.1) is 42.7 Å². The van der Waals surface area contributed by atoms with Gasteiger partial charge in [-0.05, 0) is 178 Å². The number of hydrogen-bond donors (Lipinski definition) is 1. The average Bonchev–Trinajstić information content (AvgIpc) is 3.44. The fourth-order valence-electron chi connectivity index (χ4n) is 9.73. The van der Waals surface area contributed by atoms with Crippen LogP contribution in [0.15, 0.2) is 72.8 Å². The van der Waals surface area contributed by atoms with Crippen LogP contribution in [0.4, 0.5) is 0 Å². The lowest BCUT2D eigenvalue weighted by atomic mass is 9.94. The summed E-state index contributed by atoms with van der Waals surface area (Å²) in [5.41, 5.74) is 12.5. The topological polar surface area (TPSA) is 131 Å². The molecule has 0 radical (unpaired) electrons. The molecule has 12 heterocycles. The summed E-state index contributed by atoms with van der Waals surface area (Å²) in [7, 11) is 9.85. The number of ether oxygens (including phenoxy) is 12. The first-order valence-corrected chi connectivity index (χ1v) is 22.9. The maximum Gasteiger partial charge on any atom is 0.161 e. The molecular formula is C55H56O13. The number of aliphatic hydroxyl groups is 1. The van der Waals surface area contributed by atoms with Gasteiger partial charge in [-0.25, -0.2) is 0 Å². The van der Waals surface area contributed by atoms with E-state index in [2.05, 4.69) is 48.5 Å². The van der Waals surface area contributed by atoms with E-state index in [1.54, 1.807) is 42.7 Å². The van der Waals surface area contributed by atoms with E-state index < -0.39 is 6.10 Å². The molecule has 20 rings (SSSR count). The second-order valence-electron chi connectivity index (χ2n) is 17.4.